The molecule has 0 fully saturated rings. The average molecular weight is 411 g/mol. The van der Waals surface area contributed by atoms with E-state index in [1.165, 1.54) is 0 Å². The molecule has 4 aromatic rings. The molecule has 1 aromatic heterocycles. The summed E-state index contributed by atoms with van der Waals surface area (Å²) in [6.07, 6.45) is 0.785. The molecule has 5 rings (SSSR count). The van der Waals surface area contributed by atoms with Gasteiger partial charge in [-0.1, -0.05) is 84.4 Å². The number of hydrazone groups is 1. The highest BCUT2D eigenvalue weighted by molar-refractivity contribution is 6.30. The third kappa shape index (κ3) is 3.70. The lowest BCUT2D eigenvalue weighted by atomic mass is 9.98. The largest absolute Gasteiger partial charge is 0.238 e. The molecule has 4 nitrogen and oxygen atoms in total. The van der Waals surface area contributed by atoms with Gasteiger partial charge in [-0.25, -0.2) is 5.01 Å². The van der Waals surface area contributed by atoms with Crippen molar-refractivity contribution in [2.24, 2.45) is 5.10 Å². The van der Waals surface area contributed by atoms with Crippen LogP contribution in [0.1, 0.15) is 23.6 Å². The van der Waals surface area contributed by atoms with Crippen molar-refractivity contribution in [1.29, 1.82) is 0 Å². The van der Waals surface area contributed by atoms with Crippen molar-refractivity contribution < 1.29 is 0 Å². The maximum atomic E-state index is 6.11. The summed E-state index contributed by atoms with van der Waals surface area (Å²) in [5.74, 6) is 0.723. The number of benzene rings is 3. The van der Waals surface area contributed by atoms with Gasteiger partial charge < -0.3 is 0 Å². The van der Waals surface area contributed by atoms with Gasteiger partial charge in [-0.15, -0.1) is 10.2 Å². The van der Waals surface area contributed by atoms with Crippen LogP contribution in [0.15, 0.2) is 102 Å². The van der Waals surface area contributed by atoms with E-state index in [4.69, 9.17) is 16.7 Å². The van der Waals surface area contributed by atoms with Gasteiger partial charge in [0.15, 0.2) is 5.82 Å². The lowest BCUT2D eigenvalue weighted by Crippen LogP contribution is -2.20. The second kappa shape index (κ2) is 8.09. The van der Waals surface area contributed by atoms with Crippen LogP contribution >= 0.6 is 11.6 Å². The number of aromatic nitrogens is 2. The van der Waals surface area contributed by atoms with Crippen molar-refractivity contribution in [3.63, 3.8) is 0 Å². The van der Waals surface area contributed by atoms with E-state index >= 15 is 0 Å². The van der Waals surface area contributed by atoms with Crippen LogP contribution in [0.3, 0.4) is 0 Å². The normalized spacial score (nSPS) is 15.8. The van der Waals surface area contributed by atoms with Crippen LogP contribution in [0.25, 0.3) is 11.3 Å². The van der Waals surface area contributed by atoms with Gasteiger partial charge in [-0.3, -0.25) is 0 Å². The molecule has 1 aliphatic heterocycles. The molecule has 1 atom stereocenters. The van der Waals surface area contributed by atoms with Crippen molar-refractivity contribution >= 4 is 23.1 Å². The van der Waals surface area contributed by atoms with Crippen LogP contribution in [-0.2, 0) is 0 Å². The fourth-order valence-corrected chi connectivity index (χ4v) is 3.81. The Bertz CT molecular complexity index is 1160. The lowest BCUT2D eigenvalue weighted by Gasteiger charge is -2.22. The highest BCUT2D eigenvalue weighted by Gasteiger charge is 2.30. The zero-order valence-corrected chi connectivity index (χ0v) is 16.9. The number of hydrogen-bond acceptors (Lipinski definition) is 4. The number of halogens is 1. The average Bonchev–Trinajstić information content (AvgIpc) is 3.26. The summed E-state index contributed by atoms with van der Waals surface area (Å²) in [4.78, 5) is 0. The molecule has 1 aliphatic rings. The molecule has 0 radical (unpaired) electrons. The molecule has 0 saturated heterocycles. The summed E-state index contributed by atoms with van der Waals surface area (Å²) in [7, 11) is 0. The Labute approximate surface area is 180 Å². The molecule has 1 unspecified atom stereocenters. The third-order valence-corrected chi connectivity index (χ3v) is 5.48. The smallest absolute Gasteiger partial charge is 0.172 e. The highest BCUT2D eigenvalue weighted by Crippen LogP contribution is 2.36. The van der Waals surface area contributed by atoms with Gasteiger partial charge in [0, 0.05) is 17.0 Å². The molecule has 2 heterocycles. The fraction of sp³-hybridized carbons (Fsp3) is 0.0800. The van der Waals surface area contributed by atoms with Gasteiger partial charge in [0.25, 0.3) is 0 Å². The Morgan fingerprint density at radius 1 is 0.700 bits per heavy atom. The summed E-state index contributed by atoms with van der Waals surface area (Å²) in [6.45, 7) is 0. The summed E-state index contributed by atoms with van der Waals surface area (Å²) >= 11 is 6.11. The Morgan fingerprint density at radius 3 is 2.00 bits per heavy atom. The molecule has 0 saturated carbocycles. The standard InChI is InChI=1S/C25H19ClN4/c26-21-13-11-20(12-14-21)24-17-23(19-9-5-2-6-10-19)29-30(24)25-16-15-22(27-28-25)18-7-3-1-4-8-18/h1-16,24H,17H2. The van der Waals surface area contributed by atoms with Crippen molar-refractivity contribution in [3.05, 3.63) is 113 Å². The van der Waals surface area contributed by atoms with Crippen LogP contribution in [0.5, 0.6) is 0 Å². The molecule has 0 spiro atoms. The second-order valence-electron chi connectivity index (χ2n) is 7.17. The van der Waals surface area contributed by atoms with Gasteiger partial charge in [0.2, 0.25) is 0 Å². The number of hydrogen-bond donors (Lipinski definition) is 0. The van der Waals surface area contributed by atoms with Gasteiger partial charge in [0.1, 0.15) is 0 Å². The predicted molar refractivity (Wildman–Crippen MR) is 122 cm³/mol. The van der Waals surface area contributed by atoms with Gasteiger partial charge >= 0.3 is 0 Å². The number of rotatable bonds is 4. The fourth-order valence-electron chi connectivity index (χ4n) is 3.68. The van der Waals surface area contributed by atoms with E-state index < -0.39 is 0 Å². The maximum Gasteiger partial charge on any atom is 0.172 e. The van der Waals surface area contributed by atoms with Crippen LogP contribution in [0.2, 0.25) is 5.02 Å². The predicted octanol–water partition coefficient (Wildman–Crippen LogP) is 6.15. The Balaban J connectivity index is 1.51. The Hall–Kier alpha value is -3.50. The molecular formula is C25H19ClN4. The van der Waals surface area contributed by atoms with Gasteiger partial charge in [0.05, 0.1) is 17.4 Å². The number of anilines is 1. The molecule has 30 heavy (non-hydrogen) atoms. The van der Waals surface area contributed by atoms with Crippen molar-refractivity contribution in [1.82, 2.24) is 10.2 Å². The number of nitrogens with zero attached hydrogens (tertiary/aromatic N) is 4. The van der Waals surface area contributed by atoms with E-state index in [0.29, 0.717) is 0 Å². The minimum absolute atomic E-state index is 0.0364. The van der Waals surface area contributed by atoms with Crippen LogP contribution in [-0.4, -0.2) is 15.9 Å². The van der Waals surface area contributed by atoms with E-state index in [2.05, 4.69) is 34.5 Å². The first kappa shape index (κ1) is 18.5. The van der Waals surface area contributed by atoms with Crippen LogP contribution < -0.4 is 5.01 Å². The van der Waals surface area contributed by atoms with Crippen LogP contribution in [0.4, 0.5) is 5.82 Å². The van der Waals surface area contributed by atoms with E-state index in [-0.39, 0.29) is 6.04 Å². The topological polar surface area (TPSA) is 41.4 Å². The summed E-state index contributed by atoms with van der Waals surface area (Å²) < 4.78 is 0. The second-order valence-corrected chi connectivity index (χ2v) is 7.61. The molecular weight excluding hydrogens is 392 g/mol. The van der Waals surface area contributed by atoms with Crippen molar-refractivity contribution in [3.8, 4) is 11.3 Å². The lowest BCUT2D eigenvalue weighted by molar-refractivity contribution is 0.692. The van der Waals surface area contributed by atoms with Crippen molar-refractivity contribution in [2.45, 2.75) is 12.5 Å². The molecule has 0 amide bonds. The van der Waals surface area contributed by atoms with Crippen molar-refractivity contribution in [2.75, 3.05) is 5.01 Å². The minimum atomic E-state index is 0.0364. The highest BCUT2D eigenvalue weighted by atomic mass is 35.5. The van der Waals surface area contributed by atoms with Crippen LogP contribution in [0, 0.1) is 0 Å². The first-order valence-electron chi connectivity index (χ1n) is 9.85. The first-order chi connectivity index (χ1) is 14.8. The zero-order valence-electron chi connectivity index (χ0n) is 16.2. The Morgan fingerprint density at radius 2 is 1.37 bits per heavy atom. The van der Waals surface area contributed by atoms with Gasteiger partial charge in [-0.2, -0.15) is 5.10 Å². The SMILES string of the molecule is Clc1ccc(C2CC(c3ccccc3)=NN2c2ccc(-c3ccccc3)nn2)cc1. The molecule has 146 valence electrons. The third-order valence-electron chi connectivity index (χ3n) is 5.23. The van der Waals surface area contributed by atoms with E-state index in [9.17, 15) is 0 Å². The van der Waals surface area contributed by atoms with E-state index in [0.717, 1.165) is 45.4 Å². The van der Waals surface area contributed by atoms with E-state index in [1.807, 2.05) is 77.8 Å². The monoisotopic (exact) mass is 410 g/mol. The maximum absolute atomic E-state index is 6.11. The molecule has 0 aliphatic carbocycles. The summed E-state index contributed by atoms with van der Waals surface area (Å²) in [5.41, 5.74) is 5.18. The summed E-state index contributed by atoms with van der Waals surface area (Å²) in [6, 6.07) is 32.3. The minimum Gasteiger partial charge on any atom is -0.238 e. The molecule has 0 bridgehead atoms. The molecule has 5 heteroatoms. The Kier molecular flexibility index (Phi) is 4.99. The summed E-state index contributed by atoms with van der Waals surface area (Å²) in [5, 5.41) is 16.6. The van der Waals surface area contributed by atoms with E-state index in [1.54, 1.807) is 0 Å². The first-order valence-corrected chi connectivity index (χ1v) is 10.2. The molecule has 3 aromatic carbocycles. The molecule has 0 N–H and O–H groups in total. The van der Waals surface area contributed by atoms with Gasteiger partial charge in [-0.05, 0) is 35.4 Å². The zero-order chi connectivity index (χ0) is 20.3. The quantitative estimate of drug-likeness (QED) is 0.405.